The van der Waals surface area contributed by atoms with Gasteiger partial charge >= 0.3 is 0 Å². The number of rotatable bonds is 4. The highest BCUT2D eigenvalue weighted by atomic mass is 79.9. The second-order valence-corrected chi connectivity index (χ2v) is 9.97. The van der Waals surface area contributed by atoms with Crippen molar-refractivity contribution < 1.29 is 4.79 Å². The van der Waals surface area contributed by atoms with E-state index in [9.17, 15) is 4.79 Å². The van der Waals surface area contributed by atoms with Crippen molar-refractivity contribution in [1.82, 2.24) is 14.8 Å². The minimum Gasteiger partial charge on any atom is -0.335 e. The van der Waals surface area contributed by atoms with Crippen molar-refractivity contribution in [3.05, 3.63) is 36.4 Å². The zero-order valence-corrected chi connectivity index (χ0v) is 17.4. The van der Waals surface area contributed by atoms with Crippen molar-refractivity contribution in [2.75, 3.05) is 26.2 Å². The number of nitrogens with zero attached hydrogens (tertiary/aromatic N) is 3. The molecule has 130 valence electrons. The molecule has 0 aromatic carbocycles. The zero-order chi connectivity index (χ0) is 17.3. The molecular weight excluding hydrogens is 406 g/mol. The minimum absolute atomic E-state index is 0.149. The Morgan fingerprint density at radius 1 is 1.25 bits per heavy atom. The lowest BCUT2D eigenvalue weighted by Crippen LogP contribution is -2.48. The molecule has 0 atom stereocenters. The lowest BCUT2D eigenvalue weighted by atomic mass is 10.2. The van der Waals surface area contributed by atoms with Crippen molar-refractivity contribution in [2.45, 2.75) is 33.2 Å². The molecule has 0 bridgehead atoms. The number of carbonyl (C=O) groups excluding carboxylic acids is 1. The second kappa shape index (κ2) is 7.64. The number of carbonyl (C=O) groups is 1. The van der Waals surface area contributed by atoms with Crippen molar-refractivity contribution in [3.8, 4) is 0 Å². The molecular formula is C17H22BrN3OS2. The van der Waals surface area contributed by atoms with Crippen LogP contribution in [0.5, 0.6) is 0 Å². The predicted molar refractivity (Wildman–Crippen MR) is 104 cm³/mol. The summed E-state index contributed by atoms with van der Waals surface area (Å²) >= 11 is 6.85. The van der Waals surface area contributed by atoms with E-state index < -0.39 is 0 Å². The SMILES string of the molecule is Cc1nc(C(C)C)sc1C(=O)N1CCN(Cc2ccc(Br)s2)CC1. The Morgan fingerprint density at radius 3 is 2.50 bits per heavy atom. The Hall–Kier alpha value is -0.760. The molecule has 3 heterocycles. The average molecular weight is 428 g/mol. The lowest BCUT2D eigenvalue weighted by molar-refractivity contribution is 0.0633. The van der Waals surface area contributed by atoms with Crippen LogP contribution in [0.4, 0.5) is 0 Å². The topological polar surface area (TPSA) is 36.4 Å². The zero-order valence-electron chi connectivity index (χ0n) is 14.2. The van der Waals surface area contributed by atoms with Crippen LogP contribution in [0.2, 0.25) is 0 Å². The molecule has 1 saturated heterocycles. The third kappa shape index (κ3) is 4.07. The lowest BCUT2D eigenvalue weighted by Gasteiger charge is -2.34. The monoisotopic (exact) mass is 427 g/mol. The van der Waals surface area contributed by atoms with Crippen LogP contribution in [0.1, 0.15) is 45.0 Å². The van der Waals surface area contributed by atoms with Crippen LogP contribution in [0, 0.1) is 6.92 Å². The first-order valence-corrected chi connectivity index (χ1v) is 10.6. The number of halogens is 1. The summed E-state index contributed by atoms with van der Waals surface area (Å²) in [5.41, 5.74) is 0.875. The first-order chi connectivity index (χ1) is 11.4. The van der Waals surface area contributed by atoms with Crippen LogP contribution in [0.3, 0.4) is 0 Å². The molecule has 3 rings (SSSR count). The van der Waals surface area contributed by atoms with Crippen LogP contribution >= 0.6 is 38.6 Å². The summed E-state index contributed by atoms with van der Waals surface area (Å²) < 4.78 is 1.17. The number of hydrogen-bond acceptors (Lipinski definition) is 5. The van der Waals surface area contributed by atoms with E-state index in [2.05, 4.69) is 51.8 Å². The van der Waals surface area contributed by atoms with Crippen LogP contribution in [-0.2, 0) is 6.54 Å². The summed E-state index contributed by atoms with van der Waals surface area (Å²) in [4.78, 5) is 23.9. The molecule has 7 heteroatoms. The largest absolute Gasteiger partial charge is 0.335 e. The van der Waals surface area contributed by atoms with Gasteiger partial charge in [0.2, 0.25) is 0 Å². The van der Waals surface area contributed by atoms with Gasteiger partial charge in [0, 0.05) is 43.5 Å². The van der Waals surface area contributed by atoms with E-state index in [0.29, 0.717) is 5.92 Å². The van der Waals surface area contributed by atoms with Crippen molar-refractivity contribution >= 4 is 44.5 Å². The fourth-order valence-electron chi connectivity index (χ4n) is 2.77. The van der Waals surface area contributed by atoms with Gasteiger partial charge in [0.25, 0.3) is 5.91 Å². The van der Waals surface area contributed by atoms with Crippen LogP contribution in [0.25, 0.3) is 0 Å². The van der Waals surface area contributed by atoms with Gasteiger partial charge in [-0.2, -0.15) is 0 Å². The molecule has 0 aliphatic carbocycles. The van der Waals surface area contributed by atoms with E-state index >= 15 is 0 Å². The molecule has 0 unspecified atom stereocenters. The number of aromatic nitrogens is 1. The minimum atomic E-state index is 0.149. The predicted octanol–water partition coefficient (Wildman–Crippen LogP) is 4.36. The first-order valence-electron chi connectivity index (χ1n) is 8.17. The first kappa shape index (κ1) is 18.0. The van der Waals surface area contributed by atoms with Gasteiger partial charge in [-0.1, -0.05) is 13.8 Å². The highest BCUT2D eigenvalue weighted by molar-refractivity contribution is 9.11. The second-order valence-electron chi connectivity index (χ2n) is 6.40. The molecule has 4 nitrogen and oxygen atoms in total. The third-order valence-corrected chi connectivity index (χ3v) is 7.22. The van der Waals surface area contributed by atoms with Crippen molar-refractivity contribution in [1.29, 1.82) is 0 Å². The van der Waals surface area contributed by atoms with Gasteiger partial charge in [0.1, 0.15) is 4.88 Å². The average Bonchev–Trinajstić information content (AvgIpc) is 3.13. The van der Waals surface area contributed by atoms with E-state index in [1.807, 2.05) is 11.8 Å². The maximum absolute atomic E-state index is 12.8. The molecule has 1 aliphatic heterocycles. The quantitative estimate of drug-likeness (QED) is 0.726. The fourth-order valence-corrected chi connectivity index (χ4v) is 5.34. The fraction of sp³-hybridized carbons (Fsp3) is 0.529. The van der Waals surface area contributed by atoms with Gasteiger partial charge in [-0.15, -0.1) is 22.7 Å². The smallest absolute Gasteiger partial charge is 0.265 e. The van der Waals surface area contributed by atoms with E-state index in [1.165, 1.54) is 8.66 Å². The number of hydrogen-bond donors (Lipinski definition) is 0. The molecule has 1 amide bonds. The third-order valence-electron chi connectivity index (χ3n) is 4.17. The maximum Gasteiger partial charge on any atom is 0.265 e. The number of piperazine rings is 1. The highest BCUT2D eigenvalue weighted by Crippen LogP contribution is 2.27. The number of amides is 1. The summed E-state index contributed by atoms with van der Waals surface area (Å²) in [5, 5.41) is 1.05. The van der Waals surface area contributed by atoms with Crippen LogP contribution in [-0.4, -0.2) is 46.9 Å². The Morgan fingerprint density at radius 2 is 1.96 bits per heavy atom. The van der Waals surface area contributed by atoms with Gasteiger partial charge in [-0.25, -0.2) is 4.98 Å². The maximum atomic E-state index is 12.8. The van der Waals surface area contributed by atoms with E-state index in [0.717, 1.165) is 48.3 Å². The normalized spacial score (nSPS) is 16.1. The van der Waals surface area contributed by atoms with Gasteiger partial charge < -0.3 is 4.90 Å². The van der Waals surface area contributed by atoms with Gasteiger partial charge in [-0.3, -0.25) is 9.69 Å². The van der Waals surface area contributed by atoms with Crippen LogP contribution in [0.15, 0.2) is 15.9 Å². The van der Waals surface area contributed by atoms with Gasteiger partial charge in [0.05, 0.1) is 14.5 Å². The van der Waals surface area contributed by atoms with Crippen molar-refractivity contribution in [3.63, 3.8) is 0 Å². The Kier molecular flexibility index (Phi) is 5.74. The summed E-state index contributed by atoms with van der Waals surface area (Å²) in [6, 6.07) is 4.26. The molecule has 0 saturated carbocycles. The number of aryl methyl sites for hydroxylation is 1. The van der Waals surface area contributed by atoms with Crippen molar-refractivity contribution in [2.24, 2.45) is 0 Å². The molecule has 1 fully saturated rings. The molecule has 1 aliphatic rings. The summed E-state index contributed by atoms with van der Waals surface area (Å²) in [5.74, 6) is 0.521. The summed E-state index contributed by atoms with van der Waals surface area (Å²) in [7, 11) is 0. The number of thiazole rings is 1. The Bertz CT molecular complexity index is 717. The molecule has 0 spiro atoms. The summed E-state index contributed by atoms with van der Waals surface area (Å²) in [6.07, 6.45) is 0. The Labute approximate surface area is 159 Å². The molecule has 24 heavy (non-hydrogen) atoms. The van der Waals surface area contributed by atoms with Gasteiger partial charge in [0.15, 0.2) is 0 Å². The Balaban J connectivity index is 1.59. The highest BCUT2D eigenvalue weighted by Gasteiger charge is 2.26. The van der Waals surface area contributed by atoms with E-state index in [4.69, 9.17) is 0 Å². The molecule has 0 N–H and O–H groups in total. The van der Waals surface area contributed by atoms with E-state index in [-0.39, 0.29) is 5.91 Å². The standard InChI is InChI=1S/C17H22BrN3OS2/c1-11(2)16-19-12(3)15(24-16)17(22)21-8-6-20(7-9-21)10-13-4-5-14(18)23-13/h4-5,11H,6-10H2,1-3H3. The molecule has 0 radical (unpaired) electrons. The molecule has 2 aromatic heterocycles. The summed E-state index contributed by atoms with van der Waals surface area (Å²) in [6.45, 7) is 10.6. The van der Waals surface area contributed by atoms with Crippen LogP contribution < -0.4 is 0 Å². The molecule has 2 aromatic rings. The van der Waals surface area contributed by atoms with Gasteiger partial charge in [-0.05, 0) is 35.0 Å². The van der Waals surface area contributed by atoms with E-state index in [1.54, 1.807) is 22.7 Å². The number of thiophene rings is 1.